The van der Waals surface area contributed by atoms with Gasteiger partial charge in [0.15, 0.2) is 0 Å². The van der Waals surface area contributed by atoms with Gasteiger partial charge in [0.1, 0.15) is 0 Å². The molecule has 2 heterocycles. The summed E-state index contributed by atoms with van der Waals surface area (Å²) in [5, 5.41) is 11.1. The maximum atomic E-state index is 11.7. The Bertz CT molecular complexity index is 1380. The summed E-state index contributed by atoms with van der Waals surface area (Å²) >= 11 is 0. The molecule has 0 bridgehead atoms. The number of ether oxygens (including phenoxy) is 1. The van der Waals surface area contributed by atoms with E-state index in [2.05, 4.69) is 46.0 Å². The summed E-state index contributed by atoms with van der Waals surface area (Å²) in [4.78, 5) is 18.2. The van der Waals surface area contributed by atoms with Crippen LogP contribution in [0.2, 0.25) is 0 Å². The highest BCUT2D eigenvalue weighted by Gasteiger charge is 2.12. The van der Waals surface area contributed by atoms with Gasteiger partial charge in [0.25, 0.3) is 0 Å². The van der Waals surface area contributed by atoms with Crippen LogP contribution in [0, 0.1) is 11.8 Å². The molecule has 34 heavy (non-hydrogen) atoms. The molecule has 5 nitrogen and oxygen atoms in total. The fourth-order valence-electron chi connectivity index (χ4n) is 4.14. The molecular formula is C29H24N2O3. The minimum atomic E-state index is -0.960. The molecule has 0 atom stereocenters. The first-order chi connectivity index (χ1) is 16.7. The zero-order valence-corrected chi connectivity index (χ0v) is 18.7. The standard InChI is InChI=1S/C29H24N2O3/c32-29(33)27-18-26(17-25-11-12-30-19-28(25)27)24-9-7-22(8-10-24)2-1-21-3-5-23(6-4-21)20-31-13-15-34-16-14-31/h3-12,17-19H,13-16,20H2,(H,32,33). The van der Waals surface area contributed by atoms with Crippen molar-refractivity contribution in [3.05, 3.63) is 101 Å². The number of aromatic nitrogens is 1. The second-order valence-corrected chi connectivity index (χ2v) is 8.34. The smallest absolute Gasteiger partial charge is 0.336 e. The molecule has 0 spiro atoms. The third-order valence-electron chi connectivity index (χ3n) is 6.02. The van der Waals surface area contributed by atoms with Crippen molar-refractivity contribution in [2.75, 3.05) is 26.3 Å². The van der Waals surface area contributed by atoms with E-state index in [9.17, 15) is 9.90 Å². The van der Waals surface area contributed by atoms with Gasteiger partial charge in [-0.25, -0.2) is 4.79 Å². The van der Waals surface area contributed by atoms with Crippen LogP contribution in [0.4, 0.5) is 0 Å². The molecular weight excluding hydrogens is 424 g/mol. The largest absolute Gasteiger partial charge is 0.478 e. The Kier molecular flexibility index (Phi) is 6.35. The lowest BCUT2D eigenvalue weighted by Crippen LogP contribution is -2.35. The number of hydrogen-bond acceptors (Lipinski definition) is 4. The van der Waals surface area contributed by atoms with Gasteiger partial charge >= 0.3 is 5.97 Å². The first-order valence-electron chi connectivity index (χ1n) is 11.3. The van der Waals surface area contributed by atoms with E-state index in [0.717, 1.165) is 60.5 Å². The molecule has 168 valence electrons. The van der Waals surface area contributed by atoms with Crippen LogP contribution in [0.5, 0.6) is 0 Å². The van der Waals surface area contributed by atoms with Crippen LogP contribution in [0.1, 0.15) is 27.0 Å². The van der Waals surface area contributed by atoms with Gasteiger partial charge in [-0.2, -0.15) is 0 Å². The van der Waals surface area contributed by atoms with Crippen LogP contribution in [0.25, 0.3) is 21.9 Å². The number of aromatic carboxylic acids is 1. The third kappa shape index (κ3) is 4.99. The lowest BCUT2D eigenvalue weighted by Gasteiger charge is -2.26. The molecule has 1 fully saturated rings. The minimum Gasteiger partial charge on any atom is -0.478 e. The summed E-state index contributed by atoms with van der Waals surface area (Å²) in [5.74, 6) is 5.49. The Morgan fingerprint density at radius 2 is 1.59 bits per heavy atom. The lowest BCUT2D eigenvalue weighted by molar-refractivity contribution is 0.0342. The van der Waals surface area contributed by atoms with Crippen molar-refractivity contribution in [3.63, 3.8) is 0 Å². The average Bonchev–Trinajstić information content (AvgIpc) is 2.88. The van der Waals surface area contributed by atoms with Gasteiger partial charge in [-0.05, 0) is 64.5 Å². The van der Waals surface area contributed by atoms with Crippen LogP contribution < -0.4 is 0 Å². The van der Waals surface area contributed by atoms with Gasteiger partial charge in [0.2, 0.25) is 0 Å². The summed E-state index contributed by atoms with van der Waals surface area (Å²) in [6.07, 6.45) is 3.27. The topological polar surface area (TPSA) is 62.7 Å². The molecule has 4 aromatic rings. The molecule has 0 radical (unpaired) electrons. The van der Waals surface area contributed by atoms with Crippen molar-refractivity contribution in [3.8, 4) is 23.0 Å². The second kappa shape index (κ2) is 9.88. The first kappa shape index (κ1) is 21.8. The summed E-state index contributed by atoms with van der Waals surface area (Å²) in [7, 11) is 0. The van der Waals surface area contributed by atoms with E-state index in [0.29, 0.717) is 5.39 Å². The van der Waals surface area contributed by atoms with Gasteiger partial charge < -0.3 is 9.84 Å². The number of morpholine rings is 1. The molecule has 5 rings (SSSR count). The first-order valence-corrected chi connectivity index (χ1v) is 11.3. The normalized spacial score (nSPS) is 13.9. The number of fused-ring (bicyclic) bond motifs is 1. The van der Waals surface area contributed by atoms with Gasteiger partial charge in [-0.3, -0.25) is 9.88 Å². The number of pyridine rings is 1. The van der Waals surface area contributed by atoms with E-state index in [1.165, 1.54) is 5.56 Å². The van der Waals surface area contributed by atoms with Crippen LogP contribution >= 0.6 is 0 Å². The summed E-state index contributed by atoms with van der Waals surface area (Å²) < 4.78 is 5.41. The van der Waals surface area contributed by atoms with Gasteiger partial charge in [-0.1, -0.05) is 36.1 Å². The van der Waals surface area contributed by atoms with E-state index >= 15 is 0 Å². The molecule has 1 saturated heterocycles. The average molecular weight is 449 g/mol. The van der Waals surface area contributed by atoms with E-state index in [1.54, 1.807) is 18.5 Å². The van der Waals surface area contributed by atoms with Crippen molar-refractivity contribution in [2.45, 2.75) is 6.54 Å². The van der Waals surface area contributed by atoms with Crippen molar-refractivity contribution >= 4 is 16.7 Å². The predicted molar refractivity (Wildman–Crippen MR) is 133 cm³/mol. The fraction of sp³-hybridized carbons (Fsp3) is 0.172. The Morgan fingerprint density at radius 3 is 2.26 bits per heavy atom. The van der Waals surface area contributed by atoms with E-state index in [1.807, 2.05) is 36.4 Å². The molecule has 1 aliphatic heterocycles. The highest BCUT2D eigenvalue weighted by molar-refractivity contribution is 6.05. The maximum absolute atomic E-state index is 11.7. The number of nitrogens with zero attached hydrogens (tertiary/aromatic N) is 2. The van der Waals surface area contributed by atoms with Crippen molar-refractivity contribution < 1.29 is 14.6 Å². The Balaban J connectivity index is 1.31. The number of hydrogen-bond donors (Lipinski definition) is 1. The molecule has 0 unspecified atom stereocenters. The molecule has 0 saturated carbocycles. The predicted octanol–water partition coefficient (Wildman–Crippen LogP) is 4.83. The van der Waals surface area contributed by atoms with Crippen LogP contribution in [0.3, 0.4) is 0 Å². The fourth-order valence-corrected chi connectivity index (χ4v) is 4.14. The Morgan fingerprint density at radius 1 is 0.912 bits per heavy atom. The van der Waals surface area contributed by atoms with E-state index in [-0.39, 0.29) is 5.56 Å². The highest BCUT2D eigenvalue weighted by atomic mass is 16.5. The highest BCUT2D eigenvalue weighted by Crippen LogP contribution is 2.27. The third-order valence-corrected chi connectivity index (χ3v) is 6.02. The Labute approximate surface area is 198 Å². The maximum Gasteiger partial charge on any atom is 0.336 e. The molecule has 5 heteroatoms. The molecule has 1 aliphatic rings. The number of benzene rings is 3. The molecule has 0 amide bonds. The zero-order valence-electron chi connectivity index (χ0n) is 18.7. The second-order valence-electron chi connectivity index (χ2n) is 8.34. The number of carbonyl (C=O) groups is 1. The monoisotopic (exact) mass is 448 g/mol. The van der Waals surface area contributed by atoms with E-state index < -0.39 is 5.97 Å². The van der Waals surface area contributed by atoms with Crippen molar-refractivity contribution in [1.82, 2.24) is 9.88 Å². The number of rotatable bonds is 4. The van der Waals surface area contributed by atoms with Gasteiger partial charge in [-0.15, -0.1) is 0 Å². The summed E-state index contributed by atoms with van der Waals surface area (Å²) in [6, 6.07) is 21.8. The quantitative estimate of drug-likeness (QED) is 0.453. The van der Waals surface area contributed by atoms with Gasteiger partial charge in [0, 0.05) is 48.5 Å². The van der Waals surface area contributed by atoms with Gasteiger partial charge in [0.05, 0.1) is 18.8 Å². The molecule has 0 aliphatic carbocycles. The Hall–Kier alpha value is -3.98. The SMILES string of the molecule is O=C(O)c1cc(-c2ccc(C#Cc3ccc(CN4CCOCC4)cc3)cc2)cc2ccncc12. The van der Waals surface area contributed by atoms with E-state index in [4.69, 9.17) is 4.74 Å². The lowest BCUT2D eigenvalue weighted by atomic mass is 9.97. The molecule has 1 aromatic heterocycles. The number of carboxylic acids is 1. The van der Waals surface area contributed by atoms with Crippen molar-refractivity contribution in [2.24, 2.45) is 0 Å². The summed E-state index contributed by atoms with van der Waals surface area (Å²) in [5.41, 5.74) is 5.21. The summed E-state index contributed by atoms with van der Waals surface area (Å²) in [6.45, 7) is 4.51. The minimum absolute atomic E-state index is 0.251. The number of carboxylic acid groups (broad SMARTS) is 1. The van der Waals surface area contributed by atoms with Crippen molar-refractivity contribution in [1.29, 1.82) is 0 Å². The zero-order chi connectivity index (χ0) is 23.3. The van der Waals surface area contributed by atoms with Crippen LogP contribution in [-0.4, -0.2) is 47.3 Å². The molecule has 1 N–H and O–H groups in total. The van der Waals surface area contributed by atoms with Crippen LogP contribution in [-0.2, 0) is 11.3 Å². The molecule has 3 aromatic carbocycles. The van der Waals surface area contributed by atoms with Crippen LogP contribution in [0.15, 0.2) is 79.1 Å².